The molecule has 2 aromatic rings. The van der Waals surface area contributed by atoms with E-state index in [1.54, 1.807) is 0 Å². The van der Waals surface area contributed by atoms with E-state index in [9.17, 15) is 19.2 Å². The summed E-state index contributed by atoms with van der Waals surface area (Å²) in [6, 6.07) is 18.9. The van der Waals surface area contributed by atoms with Gasteiger partial charge in [0.25, 0.3) is 0 Å². The number of benzene rings is 2. The molecule has 0 spiro atoms. The number of nitrogens with zero attached hydrogens (tertiary/aromatic N) is 4. The summed E-state index contributed by atoms with van der Waals surface area (Å²) in [7, 11) is 0. The van der Waals surface area contributed by atoms with Gasteiger partial charge in [-0.25, -0.2) is 0 Å². The van der Waals surface area contributed by atoms with Crippen LogP contribution in [0.3, 0.4) is 0 Å². The Balaban J connectivity index is 1.17. The van der Waals surface area contributed by atoms with Gasteiger partial charge in [-0.1, -0.05) is 60.7 Å². The molecule has 0 radical (unpaired) electrons. The summed E-state index contributed by atoms with van der Waals surface area (Å²) in [5, 5.41) is 0. The first kappa shape index (κ1) is 24.3. The van der Waals surface area contributed by atoms with Crippen LogP contribution < -0.4 is 0 Å². The second-order valence-corrected chi connectivity index (χ2v) is 10.5. The first-order chi connectivity index (χ1) is 17.2. The highest BCUT2D eigenvalue weighted by atomic mass is 16.2. The summed E-state index contributed by atoms with van der Waals surface area (Å²) < 4.78 is 0. The van der Waals surface area contributed by atoms with Crippen molar-refractivity contribution in [1.82, 2.24) is 19.6 Å². The van der Waals surface area contributed by atoms with Crippen molar-refractivity contribution >= 4 is 23.6 Å². The summed E-state index contributed by atoms with van der Waals surface area (Å²) in [5.74, 6) is -0.617. The molecular formula is C28H32N4O4. The molecule has 2 unspecified atom stereocenters. The van der Waals surface area contributed by atoms with Crippen molar-refractivity contribution in [2.24, 2.45) is 0 Å². The molecule has 5 rings (SSSR count). The number of hydrogen-bond acceptors (Lipinski definition) is 6. The largest absolute Gasteiger partial charge is 0.283 e. The number of imide groups is 2. The fourth-order valence-electron chi connectivity index (χ4n) is 5.59. The Morgan fingerprint density at radius 2 is 0.917 bits per heavy atom. The summed E-state index contributed by atoms with van der Waals surface area (Å²) >= 11 is 0. The zero-order valence-corrected chi connectivity index (χ0v) is 20.9. The molecular weight excluding hydrogens is 456 g/mol. The van der Waals surface area contributed by atoms with E-state index in [1.807, 2.05) is 74.5 Å². The van der Waals surface area contributed by atoms with Crippen LogP contribution in [0.2, 0.25) is 0 Å². The molecule has 3 fully saturated rings. The van der Waals surface area contributed by atoms with Crippen LogP contribution in [-0.2, 0) is 30.0 Å². The van der Waals surface area contributed by atoms with Crippen molar-refractivity contribution in [1.29, 1.82) is 0 Å². The van der Waals surface area contributed by atoms with Crippen molar-refractivity contribution in [2.45, 2.75) is 37.5 Å². The minimum atomic E-state index is -0.831. The third-order valence-corrected chi connectivity index (χ3v) is 8.02. The molecule has 0 N–H and O–H groups in total. The molecule has 3 aliphatic rings. The van der Waals surface area contributed by atoms with Gasteiger partial charge in [0.2, 0.25) is 23.6 Å². The van der Waals surface area contributed by atoms with Crippen molar-refractivity contribution in [2.75, 3.05) is 39.5 Å². The van der Waals surface area contributed by atoms with Gasteiger partial charge in [0, 0.05) is 39.0 Å². The third-order valence-electron chi connectivity index (χ3n) is 8.02. The Hall–Kier alpha value is -3.36. The number of piperazine rings is 1. The molecule has 0 aromatic heterocycles. The Kier molecular flexibility index (Phi) is 6.26. The number of hydrogen-bond donors (Lipinski definition) is 0. The van der Waals surface area contributed by atoms with Crippen molar-refractivity contribution in [3.63, 3.8) is 0 Å². The van der Waals surface area contributed by atoms with Crippen LogP contribution in [0.4, 0.5) is 0 Å². The maximum atomic E-state index is 13.2. The lowest BCUT2D eigenvalue weighted by molar-refractivity contribution is -0.145. The topological polar surface area (TPSA) is 81.2 Å². The van der Waals surface area contributed by atoms with Gasteiger partial charge < -0.3 is 0 Å². The molecule has 0 saturated carbocycles. The van der Waals surface area contributed by atoms with Gasteiger partial charge in [0.15, 0.2) is 0 Å². The second kappa shape index (κ2) is 9.26. The van der Waals surface area contributed by atoms with E-state index in [2.05, 4.69) is 9.80 Å². The first-order valence-corrected chi connectivity index (χ1v) is 12.5. The third kappa shape index (κ3) is 4.14. The van der Waals surface area contributed by atoms with Crippen LogP contribution in [0.5, 0.6) is 0 Å². The maximum absolute atomic E-state index is 13.2. The summed E-state index contributed by atoms with van der Waals surface area (Å²) in [6.45, 7) is 6.79. The fraction of sp³-hybridized carbons (Fsp3) is 0.429. The standard InChI is InChI=1S/C28H32N4O4/c1-27(21-9-5-3-6-10-21)17-23(33)31(25(27)35)19-29-13-15-30(16-14-29)20-32-24(34)18-28(2,26(32)36)22-11-7-4-8-12-22/h3-12H,13-20H2,1-2H3. The molecule has 2 atom stereocenters. The molecule has 188 valence electrons. The van der Waals surface area contributed by atoms with Crippen LogP contribution in [0.15, 0.2) is 60.7 Å². The Labute approximate surface area is 211 Å². The van der Waals surface area contributed by atoms with Gasteiger partial charge in [0.05, 0.1) is 24.2 Å². The highest BCUT2D eigenvalue weighted by Gasteiger charge is 2.51. The van der Waals surface area contributed by atoms with E-state index >= 15 is 0 Å². The van der Waals surface area contributed by atoms with Crippen molar-refractivity contribution < 1.29 is 19.2 Å². The Bertz CT molecular complexity index is 1090. The summed E-state index contributed by atoms with van der Waals surface area (Å²) in [4.78, 5) is 59.0. The van der Waals surface area contributed by atoms with Gasteiger partial charge in [0.1, 0.15) is 0 Å². The van der Waals surface area contributed by atoms with E-state index in [0.29, 0.717) is 26.2 Å². The van der Waals surface area contributed by atoms with E-state index in [0.717, 1.165) is 11.1 Å². The van der Waals surface area contributed by atoms with Crippen molar-refractivity contribution in [3.05, 3.63) is 71.8 Å². The molecule has 3 heterocycles. The van der Waals surface area contributed by atoms with Gasteiger partial charge in [-0.15, -0.1) is 0 Å². The van der Waals surface area contributed by atoms with Crippen LogP contribution in [0.25, 0.3) is 0 Å². The van der Waals surface area contributed by atoms with Gasteiger partial charge in [-0.2, -0.15) is 0 Å². The van der Waals surface area contributed by atoms with E-state index in [1.165, 1.54) is 9.80 Å². The SMILES string of the molecule is CC1(c2ccccc2)CC(=O)N(CN2CCN(CN3C(=O)CC(C)(c4ccccc4)C3=O)CC2)C1=O. The van der Waals surface area contributed by atoms with Crippen LogP contribution in [0.1, 0.15) is 37.8 Å². The molecule has 3 saturated heterocycles. The monoisotopic (exact) mass is 488 g/mol. The lowest BCUT2D eigenvalue weighted by Crippen LogP contribution is -2.54. The zero-order chi connectivity index (χ0) is 25.5. The lowest BCUT2D eigenvalue weighted by Gasteiger charge is -2.37. The minimum Gasteiger partial charge on any atom is -0.283 e. The van der Waals surface area contributed by atoms with Crippen molar-refractivity contribution in [3.8, 4) is 0 Å². The number of amides is 4. The molecule has 8 heteroatoms. The average molecular weight is 489 g/mol. The predicted molar refractivity (Wildman–Crippen MR) is 133 cm³/mol. The van der Waals surface area contributed by atoms with E-state index in [-0.39, 0.29) is 49.8 Å². The lowest BCUT2D eigenvalue weighted by atomic mass is 9.81. The second-order valence-electron chi connectivity index (χ2n) is 10.5. The first-order valence-electron chi connectivity index (χ1n) is 12.5. The summed E-state index contributed by atoms with van der Waals surface area (Å²) in [6.07, 6.45) is 0.352. The molecule has 4 amide bonds. The van der Waals surface area contributed by atoms with Crippen LogP contribution in [-0.4, -0.2) is 82.7 Å². The predicted octanol–water partition coefficient (Wildman–Crippen LogP) is 1.95. The quantitative estimate of drug-likeness (QED) is 0.579. The highest BCUT2D eigenvalue weighted by molar-refractivity contribution is 6.09. The molecule has 0 aliphatic carbocycles. The minimum absolute atomic E-state index is 0.151. The average Bonchev–Trinajstić information content (AvgIpc) is 3.25. The van der Waals surface area contributed by atoms with E-state index < -0.39 is 10.8 Å². The van der Waals surface area contributed by atoms with Gasteiger partial charge in [-0.05, 0) is 25.0 Å². The molecule has 36 heavy (non-hydrogen) atoms. The maximum Gasteiger partial charge on any atom is 0.241 e. The Morgan fingerprint density at radius 1 is 0.583 bits per heavy atom. The molecule has 3 aliphatic heterocycles. The zero-order valence-electron chi connectivity index (χ0n) is 20.9. The van der Waals surface area contributed by atoms with Gasteiger partial charge >= 0.3 is 0 Å². The fourth-order valence-corrected chi connectivity index (χ4v) is 5.59. The number of carbonyl (C=O) groups excluding carboxylic acids is 4. The Morgan fingerprint density at radius 3 is 1.25 bits per heavy atom. The molecule has 2 aromatic carbocycles. The van der Waals surface area contributed by atoms with Crippen LogP contribution in [0, 0.1) is 0 Å². The number of likely N-dealkylation sites (tertiary alicyclic amines) is 2. The number of carbonyl (C=O) groups is 4. The molecule has 8 nitrogen and oxygen atoms in total. The molecule has 0 bridgehead atoms. The summed E-state index contributed by atoms with van der Waals surface area (Å²) in [5.41, 5.74) is 0.0561. The number of rotatable bonds is 6. The smallest absolute Gasteiger partial charge is 0.241 e. The van der Waals surface area contributed by atoms with E-state index in [4.69, 9.17) is 0 Å². The van der Waals surface area contributed by atoms with Gasteiger partial charge in [-0.3, -0.25) is 38.8 Å². The highest BCUT2D eigenvalue weighted by Crippen LogP contribution is 2.37. The normalized spacial score (nSPS) is 27.9. The van der Waals surface area contributed by atoms with Crippen LogP contribution >= 0.6 is 0 Å².